The van der Waals surface area contributed by atoms with Gasteiger partial charge in [-0.1, -0.05) is 60.7 Å². The van der Waals surface area contributed by atoms with E-state index in [1.807, 2.05) is 84.7 Å². The Kier molecular flexibility index (Phi) is 6.44. The molecule has 4 rings (SSSR count). The molecule has 2 N–H and O–H groups in total. The van der Waals surface area contributed by atoms with E-state index in [9.17, 15) is 5.11 Å². The summed E-state index contributed by atoms with van der Waals surface area (Å²) < 4.78 is 0. The number of anilines is 3. The van der Waals surface area contributed by atoms with Gasteiger partial charge in [0.05, 0.1) is 6.04 Å². The highest BCUT2D eigenvalue weighted by Crippen LogP contribution is 2.25. The Hall–Kier alpha value is -3.84. The van der Waals surface area contributed by atoms with Crippen LogP contribution in [0.3, 0.4) is 0 Å². The monoisotopic (exact) mass is 412 g/mol. The lowest BCUT2D eigenvalue weighted by molar-refractivity contribution is 0.280. The van der Waals surface area contributed by atoms with E-state index in [4.69, 9.17) is 0 Å². The van der Waals surface area contributed by atoms with Crippen LogP contribution in [0, 0.1) is 0 Å². The number of aliphatic hydroxyl groups excluding tert-OH is 1. The third kappa shape index (κ3) is 5.02. The van der Waals surface area contributed by atoms with Gasteiger partial charge in [-0.3, -0.25) is 0 Å². The molecule has 0 unspecified atom stereocenters. The fourth-order valence-electron chi connectivity index (χ4n) is 3.28. The zero-order valence-corrected chi connectivity index (χ0v) is 17.3. The van der Waals surface area contributed by atoms with Crippen molar-refractivity contribution in [1.29, 1.82) is 0 Å². The molecular weight excluding hydrogens is 388 g/mol. The molecule has 0 aliphatic rings. The molecule has 0 aliphatic heterocycles. The van der Waals surface area contributed by atoms with E-state index in [0.29, 0.717) is 24.0 Å². The first-order valence-corrected chi connectivity index (χ1v) is 10.1. The molecule has 31 heavy (non-hydrogen) atoms. The van der Waals surface area contributed by atoms with Crippen LogP contribution in [0.5, 0.6) is 0 Å². The summed E-state index contributed by atoms with van der Waals surface area (Å²) in [5.41, 5.74) is 2.03. The first-order valence-electron chi connectivity index (χ1n) is 10.1. The molecule has 0 aliphatic carbocycles. The van der Waals surface area contributed by atoms with E-state index in [1.165, 1.54) is 0 Å². The molecular formula is C24H24N6O. The van der Waals surface area contributed by atoms with Gasteiger partial charge in [0.1, 0.15) is 11.6 Å². The molecule has 0 radical (unpaired) electrons. The normalized spacial score (nSPS) is 11.7. The summed E-state index contributed by atoms with van der Waals surface area (Å²) in [6.07, 6.45) is 4.01. The van der Waals surface area contributed by atoms with E-state index in [0.717, 1.165) is 16.9 Å². The van der Waals surface area contributed by atoms with Gasteiger partial charge < -0.3 is 15.3 Å². The third-order valence-corrected chi connectivity index (χ3v) is 4.92. The van der Waals surface area contributed by atoms with E-state index >= 15 is 0 Å². The fourth-order valence-corrected chi connectivity index (χ4v) is 3.28. The SMILES string of the molecule is CN(c1ccnc(N[C@H](CCO)c2ccccc2)n1)c1ccnc(-c2ccccc2)n1. The zero-order valence-electron chi connectivity index (χ0n) is 17.3. The maximum Gasteiger partial charge on any atom is 0.225 e. The van der Waals surface area contributed by atoms with Crippen LogP contribution in [-0.4, -0.2) is 38.7 Å². The first kappa shape index (κ1) is 20.4. The Labute approximate surface area is 181 Å². The molecule has 0 bridgehead atoms. The maximum absolute atomic E-state index is 9.48. The average molecular weight is 412 g/mol. The van der Waals surface area contributed by atoms with Gasteiger partial charge in [-0.25, -0.2) is 15.0 Å². The van der Waals surface area contributed by atoms with Gasteiger partial charge in [0, 0.05) is 31.6 Å². The molecule has 0 amide bonds. The van der Waals surface area contributed by atoms with Crippen molar-refractivity contribution in [2.45, 2.75) is 12.5 Å². The maximum atomic E-state index is 9.48. The number of benzene rings is 2. The standard InChI is InChI=1S/C24H24N6O/c1-30(21-12-15-25-23(28-21)19-10-6-3-7-11-19)22-13-16-26-24(29-22)27-20(14-17-31)18-8-4-2-5-9-18/h2-13,15-16,20,31H,14,17H2,1H3,(H,26,27,29)/t20-/m1/s1. The van der Waals surface area contributed by atoms with Crippen LogP contribution in [0.25, 0.3) is 11.4 Å². The van der Waals surface area contributed by atoms with E-state index in [1.54, 1.807) is 12.4 Å². The fraction of sp³-hybridized carbons (Fsp3) is 0.167. The zero-order chi connectivity index (χ0) is 21.5. The molecule has 0 saturated carbocycles. The van der Waals surface area contributed by atoms with Gasteiger partial charge in [-0.05, 0) is 24.1 Å². The molecule has 2 aromatic carbocycles. The van der Waals surface area contributed by atoms with Crippen LogP contribution < -0.4 is 10.2 Å². The number of aromatic nitrogens is 4. The van der Waals surface area contributed by atoms with E-state index in [2.05, 4.69) is 25.3 Å². The van der Waals surface area contributed by atoms with E-state index < -0.39 is 0 Å². The summed E-state index contributed by atoms with van der Waals surface area (Å²) in [5, 5.41) is 12.8. The predicted octanol–water partition coefficient (Wildman–Crippen LogP) is 4.24. The molecule has 0 fully saturated rings. The number of rotatable bonds is 8. The minimum atomic E-state index is -0.0875. The third-order valence-electron chi connectivity index (χ3n) is 4.92. The van der Waals surface area contributed by atoms with Gasteiger partial charge in [0.25, 0.3) is 0 Å². The van der Waals surface area contributed by atoms with Crippen LogP contribution in [0.15, 0.2) is 85.2 Å². The molecule has 1 atom stereocenters. The number of nitrogens with zero attached hydrogens (tertiary/aromatic N) is 5. The Morgan fingerprint density at radius 1 is 0.839 bits per heavy atom. The topological polar surface area (TPSA) is 87.1 Å². The van der Waals surface area contributed by atoms with Crippen LogP contribution in [0.4, 0.5) is 17.6 Å². The predicted molar refractivity (Wildman–Crippen MR) is 122 cm³/mol. The lowest BCUT2D eigenvalue weighted by atomic mass is 10.0. The number of nitrogens with one attached hydrogen (secondary N) is 1. The van der Waals surface area contributed by atoms with Crippen molar-refractivity contribution in [3.05, 3.63) is 90.8 Å². The molecule has 7 heteroatoms. The van der Waals surface area contributed by atoms with Gasteiger partial charge in [-0.2, -0.15) is 4.98 Å². The Bertz CT molecular complexity index is 1110. The Balaban J connectivity index is 1.56. The molecule has 0 spiro atoms. The number of hydrogen-bond donors (Lipinski definition) is 2. The summed E-state index contributed by atoms with van der Waals surface area (Å²) in [7, 11) is 1.91. The lowest BCUT2D eigenvalue weighted by Crippen LogP contribution is -2.17. The van der Waals surface area contributed by atoms with Gasteiger partial charge in [-0.15, -0.1) is 0 Å². The largest absolute Gasteiger partial charge is 0.396 e. The second-order valence-corrected chi connectivity index (χ2v) is 7.02. The second-order valence-electron chi connectivity index (χ2n) is 7.02. The molecule has 2 aromatic heterocycles. The van der Waals surface area contributed by atoms with Crippen molar-refractivity contribution in [2.75, 3.05) is 23.9 Å². The summed E-state index contributed by atoms with van der Waals surface area (Å²) in [6, 6.07) is 23.4. The minimum absolute atomic E-state index is 0.0648. The average Bonchev–Trinajstić information content (AvgIpc) is 2.85. The van der Waals surface area contributed by atoms with Gasteiger partial charge in [0.2, 0.25) is 5.95 Å². The van der Waals surface area contributed by atoms with Crippen LogP contribution in [0.2, 0.25) is 0 Å². The lowest BCUT2D eigenvalue weighted by Gasteiger charge is -2.21. The van der Waals surface area contributed by atoms with Crippen molar-refractivity contribution in [1.82, 2.24) is 19.9 Å². The quantitative estimate of drug-likeness (QED) is 0.448. The van der Waals surface area contributed by atoms with Crippen molar-refractivity contribution < 1.29 is 5.11 Å². The van der Waals surface area contributed by atoms with Crippen molar-refractivity contribution >= 4 is 17.6 Å². The van der Waals surface area contributed by atoms with Gasteiger partial charge >= 0.3 is 0 Å². The smallest absolute Gasteiger partial charge is 0.225 e. The van der Waals surface area contributed by atoms with Crippen molar-refractivity contribution in [3.63, 3.8) is 0 Å². The summed E-state index contributed by atoms with van der Waals surface area (Å²) in [4.78, 5) is 20.0. The highest BCUT2D eigenvalue weighted by Gasteiger charge is 2.14. The molecule has 156 valence electrons. The molecule has 7 nitrogen and oxygen atoms in total. The van der Waals surface area contributed by atoms with Crippen LogP contribution in [-0.2, 0) is 0 Å². The first-order chi connectivity index (χ1) is 15.2. The van der Waals surface area contributed by atoms with Gasteiger partial charge in [0.15, 0.2) is 5.82 Å². The summed E-state index contributed by atoms with van der Waals surface area (Å²) >= 11 is 0. The van der Waals surface area contributed by atoms with E-state index in [-0.39, 0.29) is 12.6 Å². The summed E-state index contributed by atoms with van der Waals surface area (Å²) in [6.45, 7) is 0.0648. The number of aliphatic hydroxyl groups is 1. The van der Waals surface area contributed by atoms with Crippen LogP contribution in [0.1, 0.15) is 18.0 Å². The molecule has 4 aromatic rings. The Morgan fingerprint density at radius 2 is 1.48 bits per heavy atom. The molecule has 0 saturated heterocycles. The van der Waals surface area contributed by atoms with Crippen molar-refractivity contribution in [2.24, 2.45) is 0 Å². The second kappa shape index (κ2) is 9.77. The highest BCUT2D eigenvalue weighted by atomic mass is 16.3. The molecule has 2 heterocycles. The van der Waals surface area contributed by atoms with Crippen molar-refractivity contribution in [3.8, 4) is 11.4 Å². The highest BCUT2D eigenvalue weighted by molar-refractivity contribution is 5.61. The number of hydrogen-bond acceptors (Lipinski definition) is 7. The Morgan fingerprint density at radius 3 is 2.19 bits per heavy atom. The van der Waals surface area contributed by atoms with Crippen LogP contribution >= 0.6 is 0 Å². The minimum Gasteiger partial charge on any atom is -0.396 e. The summed E-state index contributed by atoms with van der Waals surface area (Å²) in [5.74, 6) is 2.58.